The molecule has 0 saturated carbocycles. The molecule has 2 aromatic heterocycles. The molecule has 0 atom stereocenters. The molecule has 102 valence electrons. The minimum absolute atomic E-state index is 0.596. The maximum absolute atomic E-state index is 4.49. The maximum Gasteiger partial charge on any atom is 0.191 e. The first kappa shape index (κ1) is 13.2. The molecule has 3 N–H and O–H groups in total. The van der Waals surface area contributed by atoms with Crippen molar-refractivity contribution < 1.29 is 0 Å². The van der Waals surface area contributed by atoms with E-state index in [0.29, 0.717) is 6.54 Å². The van der Waals surface area contributed by atoms with Crippen LogP contribution in [0.2, 0.25) is 0 Å². The first-order valence-corrected chi connectivity index (χ1v) is 6.49. The van der Waals surface area contributed by atoms with Crippen LogP contribution in [0.15, 0.2) is 41.8 Å². The van der Waals surface area contributed by atoms with Gasteiger partial charge in [0.1, 0.15) is 0 Å². The largest absolute Gasteiger partial charge is 0.357 e. The molecule has 0 bridgehead atoms. The van der Waals surface area contributed by atoms with Crippen LogP contribution in [-0.2, 0) is 13.1 Å². The van der Waals surface area contributed by atoms with E-state index in [9.17, 15) is 0 Å². The zero-order valence-corrected chi connectivity index (χ0v) is 11.1. The van der Waals surface area contributed by atoms with Gasteiger partial charge in [-0.05, 0) is 25.1 Å². The molecule has 6 heteroatoms. The van der Waals surface area contributed by atoms with E-state index in [4.69, 9.17) is 0 Å². The van der Waals surface area contributed by atoms with Gasteiger partial charge in [-0.1, -0.05) is 0 Å². The zero-order chi connectivity index (χ0) is 13.3. The number of nitrogens with zero attached hydrogens (tertiary/aromatic N) is 3. The van der Waals surface area contributed by atoms with Gasteiger partial charge in [-0.2, -0.15) is 5.10 Å². The van der Waals surface area contributed by atoms with E-state index in [-0.39, 0.29) is 0 Å². The van der Waals surface area contributed by atoms with Gasteiger partial charge in [-0.3, -0.25) is 5.10 Å². The van der Waals surface area contributed by atoms with Crippen LogP contribution in [-0.4, -0.2) is 33.8 Å². The average molecular weight is 260 g/mol. The third kappa shape index (κ3) is 4.50. The van der Waals surface area contributed by atoms with Gasteiger partial charge in [-0.25, -0.2) is 4.99 Å². The van der Waals surface area contributed by atoms with E-state index in [1.165, 1.54) is 0 Å². The van der Waals surface area contributed by atoms with Crippen molar-refractivity contribution in [2.45, 2.75) is 20.0 Å². The fourth-order valence-corrected chi connectivity index (χ4v) is 1.70. The Morgan fingerprint density at radius 1 is 1.37 bits per heavy atom. The summed E-state index contributed by atoms with van der Waals surface area (Å²) >= 11 is 0. The van der Waals surface area contributed by atoms with E-state index < -0.39 is 0 Å². The smallest absolute Gasteiger partial charge is 0.191 e. The van der Waals surface area contributed by atoms with Crippen LogP contribution in [0.4, 0.5) is 0 Å². The van der Waals surface area contributed by atoms with Crippen LogP contribution in [0.3, 0.4) is 0 Å². The molecule has 2 heterocycles. The van der Waals surface area contributed by atoms with Crippen molar-refractivity contribution in [2.24, 2.45) is 4.99 Å². The van der Waals surface area contributed by atoms with Gasteiger partial charge in [0.15, 0.2) is 5.96 Å². The Hall–Kier alpha value is -2.24. The number of nitrogens with one attached hydrogen (secondary N) is 3. The van der Waals surface area contributed by atoms with Gasteiger partial charge >= 0.3 is 0 Å². The van der Waals surface area contributed by atoms with Crippen LogP contribution >= 0.6 is 0 Å². The molecule has 0 spiro atoms. The van der Waals surface area contributed by atoms with Crippen LogP contribution in [0.25, 0.3) is 0 Å². The van der Waals surface area contributed by atoms with E-state index in [0.717, 1.165) is 31.3 Å². The molecule has 0 radical (unpaired) electrons. The highest BCUT2D eigenvalue weighted by Gasteiger charge is 1.98. The summed E-state index contributed by atoms with van der Waals surface area (Å²) in [5.41, 5.74) is 1.00. The molecule has 6 nitrogen and oxygen atoms in total. The highest BCUT2D eigenvalue weighted by molar-refractivity contribution is 5.79. The predicted octanol–water partition coefficient (Wildman–Crippen LogP) is 0.966. The van der Waals surface area contributed by atoms with E-state index >= 15 is 0 Å². The van der Waals surface area contributed by atoms with Crippen LogP contribution in [0.1, 0.15) is 12.6 Å². The van der Waals surface area contributed by atoms with Crippen molar-refractivity contribution in [1.29, 1.82) is 0 Å². The Morgan fingerprint density at radius 3 is 2.89 bits per heavy atom. The molecule has 0 fully saturated rings. The first-order valence-electron chi connectivity index (χ1n) is 6.49. The Morgan fingerprint density at radius 2 is 2.21 bits per heavy atom. The standard InChI is InChI=1S/C13H20N6/c1-2-14-13(16-11-12-5-6-17-18-12)15-7-10-19-8-3-4-9-19/h3-6,8-9H,2,7,10-11H2,1H3,(H,17,18)(H2,14,15,16). The molecule has 2 aromatic rings. The summed E-state index contributed by atoms with van der Waals surface area (Å²) in [4.78, 5) is 4.49. The summed E-state index contributed by atoms with van der Waals surface area (Å²) in [6.07, 6.45) is 5.84. The molecule has 0 amide bonds. The van der Waals surface area contributed by atoms with Crippen molar-refractivity contribution in [1.82, 2.24) is 25.4 Å². The SMILES string of the molecule is CCNC(=NCc1ccn[nH]1)NCCn1cccc1. The highest BCUT2D eigenvalue weighted by Crippen LogP contribution is 1.93. The Kier molecular flexibility index (Phi) is 5.04. The van der Waals surface area contributed by atoms with Crippen molar-refractivity contribution in [2.75, 3.05) is 13.1 Å². The average Bonchev–Trinajstić information content (AvgIpc) is 3.09. The minimum Gasteiger partial charge on any atom is -0.357 e. The van der Waals surface area contributed by atoms with Crippen molar-refractivity contribution in [3.63, 3.8) is 0 Å². The number of aliphatic imine (C=N–C) groups is 1. The Bertz CT molecular complexity index is 471. The maximum atomic E-state index is 4.49. The monoisotopic (exact) mass is 260 g/mol. The van der Waals surface area contributed by atoms with Gasteiger partial charge in [0.25, 0.3) is 0 Å². The van der Waals surface area contributed by atoms with Gasteiger partial charge in [-0.15, -0.1) is 0 Å². The molecule has 0 aliphatic heterocycles. The molecular formula is C13H20N6. The van der Waals surface area contributed by atoms with Crippen LogP contribution in [0.5, 0.6) is 0 Å². The topological polar surface area (TPSA) is 70.0 Å². The highest BCUT2D eigenvalue weighted by atomic mass is 15.2. The van der Waals surface area contributed by atoms with Crippen LogP contribution < -0.4 is 10.6 Å². The molecule has 2 rings (SSSR count). The number of guanidine groups is 1. The van der Waals surface area contributed by atoms with Gasteiger partial charge in [0.05, 0.1) is 12.2 Å². The summed E-state index contributed by atoms with van der Waals surface area (Å²) in [5, 5.41) is 13.3. The minimum atomic E-state index is 0.596. The molecular weight excluding hydrogens is 240 g/mol. The fourth-order valence-electron chi connectivity index (χ4n) is 1.70. The molecule has 0 saturated heterocycles. The lowest BCUT2D eigenvalue weighted by Crippen LogP contribution is -2.38. The zero-order valence-electron chi connectivity index (χ0n) is 11.1. The Balaban J connectivity index is 1.79. The predicted molar refractivity (Wildman–Crippen MR) is 75.8 cm³/mol. The quantitative estimate of drug-likeness (QED) is 0.535. The van der Waals surface area contributed by atoms with Gasteiger partial charge < -0.3 is 15.2 Å². The number of H-pyrrole nitrogens is 1. The Labute approximate surface area is 112 Å². The second-order valence-corrected chi connectivity index (χ2v) is 4.12. The summed E-state index contributed by atoms with van der Waals surface area (Å²) in [6, 6.07) is 5.97. The number of hydrogen-bond acceptors (Lipinski definition) is 2. The number of hydrogen-bond donors (Lipinski definition) is 3. The van der Waals surface area contributed by atoms with E-state index in [2.05, 4.69) is 49.7 Å². The lowest BCUT2D eigenvalue weighted by atomic mass is 10.4. The van der Waals surface area contributed by atoms with Crippen molar-refractivity contribution in [3.8, 4) is 0 Å². The third-order valence-electron chi connectivity index (χ3n) is 2.64. The lowest BCUT2D eigenvalue weighted by Gasteiger charge is -2.11. The second-order valence-electron chi connectivity index (χ2n) is 4.12. The number of aromatic nitrogens is 3. The molecule has 19 heavy (non-hydrogen) atoms. The molecule has 0 unspecified atom stereocenters. The summed E-state index contributed by atoms with van der Waals surface area (Å²) in [7, 11) is 0. The van der Waals surface area contributed by atoms with Crippen molar-refractivity contribution in [3.05, 3.63) is 42.5 Å². The second kappa shape index (κ2) is 7.25. The fraction of sp³-hybridized carbons (Fsp3) is 0.385. The van der Waals surface area contributed by atoms with Gasteiger partial charge in [0.2, 0.25) is 0 Å². The van der Waals surface area contributed by atoms with E-state index in [1.54, 1.807) is 6.20 Å². The normalized spacial score (nSPS) is 11.5. The molecule has 0 aliphatic carbocycles. The third-order valence-corrected chi connectivity index (χ3v) is 2.64. The van der Waals surface area contributed by atoms with Gasteiger partial charge in [0, 0.05) is 38.2 Å². The lowest BCUT2D eigenvalue weighted by molar-refractivity contribution is 0.665. The summed E-state index contributed by atoms with van der Waals surface area (Å²) in [6.45, 7) is 5.25. The first-order chi connectivity index (χ1) is 9.38. The number of aromatic amines is 1. The van der Waals surface area contributed by atoms with E-state index in [1.807, 2.05) is 18.2 Å². The summed E-state index contributed by atoms with van der Waals surface area (Å²) < 4.78 is 2.13. The number of rotatable bonds is 6. The van der Waals surface area contributed by atoms with Crippen LogP contribution in [0, 0.1) is 0 Å². The molecule has 0 aliphatic rings. The molecule has 0 aromatic carbocycles. The van der Waals surface area contributed by atoms with Crippen molar-refractivity contribution >= 4 is 5.96 Å². The summed E-state index contributed by atoms with van der Waals surface area (Å²) in [5.74, 6) is 0.823.